The van der Waals surface area contributed by atoms with Crippen LogP contribution < -0.4 is 0 Å². The lowest BCUT2D eigenvalue weighted by molar-refractivity contribution is -0.384. The molecule has 6 nitrogen and oxygen atoms in total. The zero-order chi connectivity index (χ0) is 16.6. The molecule has 0 atom stereocenters. The Kier molecular flexibility index (Phi) is 3.57. The number of ketones is 1. The topological polar surface area (TPSA) is 94.3 Å². The zero-order valence-electron chi connectivity index (χ0n) is 11.8. The van der Waals surface area contributed by atoms with E-state index in [1.165, 1.54) is 36.4 Å². The van der Waals surface area contributed by atoms with Crippen LogP contribution in [-0.4, -0.2) is 19.1 Å². The number of nitro groups is 1. The Morgan fingerprint density at radius 1 is 1.00 bits per heavy atom. The fraction of sp³-hybridized carbons (Fsp3) is 0.0625. The van der Waals surface area contributed by atoms with Crippen molar-refractivity contribution in [2.75, 3.05) is 0 Å². The first-order valence-electron chi connectivity index (χ1n) is 6.71. The van der Waals surface area contributed by atoms with Gasteiger partial charge in [-0.3, -0.25) is 14.9 Å². The molecular formula is C16H11NO5S. The van der Waals surface area contributed by atoms with Gasteiger partial charge >= 0.3 is 0 Å². The molecule has 0 saturated heterocycles. The molecule has 0 amide bonds. The lowest BCUT2D eigenvalue weighted by atomic mass is 9.98. The summed E-state index contributed by atoms with van der Waals surface area (Å²) in [5.74, 6) is -0.339. The van der Waals surface area contributed by atoms with E-state index < -0.39 is 14.8 Å². The van der Waals surface area contributed by atoms with E-state index in [1.807, 2.05) is 0 Å². The summed E-state index contributed by atoms with van der Waals surface area (Å²) in [5.41, 5.74) is 0.880. The first kappa shape index (κ1) is 15.1. The first-order chi connectivity index (χ1) is 10.9. The van der Waals surface area contributed by atoms with Crippen LogP contribution in [0.25, 0.3) is 0 Å². The molecule has 0 N–H and O–H groups in total. The quantitative estimate of drug-likeness (QED) is 0.637. The maximum Gasteiger partial charge on any atom is 0.269 e. The van der Waals surface area contributed by atoms with E-state index in [4.69, 9.17) is 0 Å². The van der Waals surface area contributed by atoms with Gasteiger partial charge < -0.3 is 0 Å². The minimum absolute atomic E-state index is 0.0115. The highest BCUT2D eigenvalue weighted by Crippen LogP contribution is 2.29. The maximum atomic E-state index is 12.4. The summed E-state index contributed by atoms with van der Waals surface area (Å²) in [6.07, 6.45) is 0.102. The minimum Gasteiger partial charge on any atom is -0.289 e. The highest BCUT2D eigenvalue weighted by molar-refractivity contribution is 7.94. The molecule has 0 saturated carbocycles. The van der Waals surface area contributed by atoms with Crippen molar-refractivity contribution in [1.29, 1.82) is 0 Å². The van der Waals surface area contributed by atoms with Crippen LogP contribution in [0.1, 0.15) is 15.9 Å². The maximum absolute atomic E-state index is 12.4. The summed E-state index contributed by atoms with van der Waals surface area (Å²) in [7, 11) is -3.66. The Labute approximate surface area is 132 Å². The molecule has 1 heterocycles. The summed E-state index contributed by atoms with van der Waals surface area (Å²) < 4.78 is 24.5. The number of carbonyl (C=O) groups excluding carboxylic acids is 1. The van der Waals surface area contributed by atoms with E-state index in [0.29, 0.717) is 5.56 Å². The van der Waals surface area contributed by atoms with Gasteiger partial charge in [0.2, 0.25) is 9.84 Å². The second-order valence-corrected chi connectivity index (χ2v) is 6.88. The molecule has 0 spiro atoms. The van der Waals surface area contributed by atoms with E-state index in [2.05, 4.69) is 0 Å². The normalized spacial score (nSPS) is 15.7. The Morgan fingerprint density at radius 2 is 1.65 bits per heavy atom. The highest BCUT2D eigenvalue weighted by atomic mass is 32.2. The number of carbonyl (C=O) groups is 1. The van der Waals surface area contributed by atoms with E-state index in [-0.39, 0.29) is 33.9 Å². The number of hydrogen-bond donors (Lipinski definition) is 0. The number of nitrogens with zero attached hydrogens (tertiary/aromatic N) is 1. The predicted octanol–water partition coefficient (Wildman–Crippen LogP) is 2.69. The fourth-order valence-electron chi connectivity index (χ4n) is 2.46. The number of sulfone groups is 1. The number of non-ortho nitro benzene ring substituents is 1. The average Bonchev–Trinajstić information content (AvgIpc) is 2.53. The monoisotopic (exact) mass is 329 g/mol. The molecule has 2 aromatic rings. The van der Waals surface area contributed by atoms with Crippen LogP contribution >= 0.6 is 0 Å². The number of Topliss-reactive ketones (excluding diaryl/α,β-unsaturated/α-hetero) is 1. The van der Waals surface area contributed by atoms with Crippen molar-refractivity contribution in [1.82, 2.24) is 0 Å². The minimum atomic E-state index is -3.66. The van der Waals surface area contributed by atoms with Gasteiger partial charge in [0.05, 0.1) is 9.82 Å². The van der Waals surface area contributed by atoms with E-state index in [1.54, 1.807) is 12.1 Å². The van der Waals surface area contributed by atoms with E-state index in [0.717, 1.165) is 5.41 Å². The van der Waals surface area contributed by atoms with Gasteiger partial charge in [-0.2, -0.15) is 0 Å². The molecule has 2 aromatic carbocycles. The Hall–Kier alpha value is -2.80. The molecule has 0 radical (unpaired) electrons. The van der Waals surface area contributed by atoms with E-state index >= 15 is 0 Å². The second kappa shape index (κ2) is 5.44. The SMILES string of the molecule is O=C1C(Cc2ccc([N+](=O)[O-])cc2)=CS(=O)(=O)c2ccccc21. The third kappa shape index (κ3) is 2.78. The van der Waals surface area contributed by atoms with Crippen LogP contribution in [-0.2, 0) is 16.3 Å². The summed E-state index contributed by atoms with van der Waals surface area (Å²) in [6.45, 7) is 0. The zero-order valence-corrected chi connectivity index (χ0v) is 12.6. The molecule has 116 valence electrons. The Morgan fingerprint density at radius 3 is 2.30 bits per heavy atom. The third-order valence-electron chi connectivity index (χ3n) is 3.57. The Balaban J connectivity index is 1.97. The van der Waals surface area contributed by atoms with Gasteiger partial charge in [0.1, 0.15) is 0 Å². The van der Waals surface area contributed by atoms with Crippen molar-refractivity contribution in [3.05, 3.63) is 80.8 Å². The van der Waals surface area contributed by atoms with Gasteiger partial charge in [-0.05, 0) is 17.7 Å². The number of allylic oxidation sites excluding steroid dienone is 1. The van der Waals surface area contributed by atoms with Crippen LogP contribution in [0.15, 0.2) is 64.4 Å². The predicted molar refractivity (Wildman–Crippen MR) is 82.8 cm³/mol. The average molecular weight is 329 g/mol. The van der Waals surface area contributed by atoms with Crippen molar-refractivity contribution in [3.63, 3.8) is 0 Å². The molecule has 3 rings (SSSR count). The van der Waals surface area contributed by atoms with Crippen LogP contribution in [0, 0.1) is 10.1 Å². The molecule has 0 aliphatic carbocycles. The third-order valence-corrected chi connectivity index (χ3v) is 5.13. The van der Waals surface area contributed by atoms with Crippen molar-refractivity contribution in [3.8, 4) is 0 Å². The molecule has 0 bridgehead atoms. The molecule has 7 heteroatoms. The first-order valence-corrected chi connectivity index (χ1v) is 8.26. The lowest BCUT2D eigenvalue weighted by Crippen LogP contribution is -2.18. The summed E-state index contributed by atoms with van der Waals surface area (Å²) >= 11 is 0. The molecule has 0 unspecified atom stereocenters. The fourth-order valence-corrected chi connectivity index (χ4v) is 3.88. The summed E-state index contributed by atoms with van der Waals surface area (Å²) in [6, 6.07) is 11.7. The largest absolute Gasteiger partial charge is 0.289 e. The number of nitro benzene ring substituents is 1. The van der Waals surface area contributed by atoms with Crippen LogP contribution in [0.3, 0.4) is 0 Å². The van der Waals surface area contributed by atoms with Crippen molar-refractivity contribution in [2.45, 2.75) is 11.3 Å². The molecular weight excluding hydrogens is 318 g/mol. The van der Waals surface area contributed by atoms with E-state index in [9.17, 15) is 23.3 Å². The number of fused-ring (bicyclic) bond motifs is 1. The lowest BCUT2D eigenvalue weighted by Gasteiger charge is -2.15. The van der Waals surface area contributed by atoms with Gasteiger partial charge in [0, 0.05) is 35.1 Å². The van der Waals surface area contributed by atoms with Gasteiger partial charge in [-0.25, -0.2) is 8.42 Å². The van der Waals surface area contributed by atoms with Crippen molar-refractivity contribution in [2.24, 2.45) is 0 Å². The second-order valence-electron chi connectivity index (χ2n) is 5.11. The van der Waals surface area contributed by atoms with Gasteiger partial charge in [0.25, 0.3) is 5.69 Å². The molecule has 23 heavy (non-hydrogen) atoms. The van der Waals surface area contributed by atoms with Crippen molar-refractivity contribution >= 4 is 21.3 Å². The van der Waals surface area contributed by atoms with Crippen LogP contribution in [0.4, 0.5) is 5.69 Å². The molecule has 0 aromatic heterocycles. The van der Waals surface area contributed by atoms with Gasteiger partial charge in [-0.15, -0.1) is 0 Å². The molecule has 1 aliphatic rings. The Bertz CT molecular complexity index is 943. The summed E-state index contributed by atoms with van der Waals surface area (Å²) in [5, 5.41) is 11.6. The molecule has 1 aliphatic heterocycles. The summed E-state index contributed by atoms with van der Waals surface area (Å²) in [4.78, 5) is 22.6. The number of benzene rings is 2. The van der Waals surface area contributed by atoms with Crippen LogP contribution in [0.2, 0.25) is 0 Å². The standard InChI is InChI=1S/C16H11NO5S/c18-16-12(9-11-5-7-13(8-6-11)17(19)20)10-23(21,22)15-4-2-1-3-14(15)16/h1-8,10H,9H2. The smallest absolute Gasteiger partial charge is 0.269 e. The molecule has 0 fully saturated rings. The highest BCUT2D eigenvalue weighted by Gasteiger charge is 2.29. The van der Waals surface area contributed by atoms with Gasteiger partial charge in [-0.1, -0.05) is 24.3 Å². The number of rotatable bonds is 3. The van der Waals surface area contributed by atoms with Gasteiger partial charge in [0.15, 0.2) is 5.78 Å². The van der Waals surface area contributed by atoms with Crippen LogP contribution in [0.5, 0.6) is 0 Å². The van der Waals surface area contributed by atoms with Crippen molar-refractivity contribution < 1.29 is 18.1 Å². The number of hydrogen-bond acceptors (Lipinski definition) is 5.